The van der Waals surface area contributed by atoms with Crippen LogP contribution in [0.2, 0.25) is 10.0 Å². The molecule has 2 aliphatic heterocycles. The average Bonchev–Trinajstić information content (AvgIpc) is 3.46. The third kappa shape index (κ3) is 6.68. The number of guanidine groups is 1. The predicted octanol–water partition coefficient (Wildman–Crippen LogP) is 3.15. The van der Waals surface area contributed by atoms with Crippen molar-refractivity contribution < 1.29 is 24.6 Å². The molecule has 0 spiro atoms. The number of aliphatic carboxylic acids is 1. The van der Waals surface area contributed by atoms with Crippen molar-refractivity contribution in [3.63, 3.8) is 0 Å². The summed E-state index contributed by atoms with van der Waals surface area (Å²) in [5.74, 6) is -1.51. The number of hydrogen-bond donors (Lipinski definition) is 4. The number of phenolic OH excluding ortho intramolecular Hbond substituents is 1. The Labute approximate surface area is 242 Å². The summed E-state index contributed by atoms with van der Waals surface area (Å²) in [6.45, 7) is 2.18. The first-order valence-electron chi connectivity index (χ1n) is 12.9. The molecule has 2 heterocycles. The second-order valence-electron chi connectivity index (χ2n) is 9.57. The number of carbonyl (C=O) groups excluding carboxylic acids is 2. The summed E-state index contributed by atoms with van der Waals surface area (Å²) < 4.78 is 0. The number of likely N-dealkylation sites (tertiary alicyclic amines) is 1. The van der Waals surface area contributed by atoms with Gasteiger partial charge in [0.05, 0.1) is 15.6 Å². The van der Waals surface area contributed by atoms with Crippen LogP contribution >= 0.6 is 23.2 Å². The van der Waals surface area contributed by atoms with Crippen molar-refractivity contribution in [3.05, 3.63) is 68.7 Å². The van der Waals surface area contributed by atoms with E-state index in [0.717, 1.165) is 25.9 Å². The van der Waals surface area contributed by atoms with Crippen LogP contribution in [0.15, 0.2) is 41.4 Å². The lowest BCUT2D eigenvalue weighted by Gasteiger charge is -2.30. The first-order chi connectivity index (χ1) is 19.2. The zero-order chi connectivity index (χ0) is 28.8. The minimum absolute atomic E-state index is 0.00326. The van der Waals surface area contributed by atoms with E-state index in [0.29, 0.717) is 35.6 Å². The van der Waals surface area contributed by atoms with Gasteiger partial charge >= 0.3 is 5.97 Å². The summed E-state index contributed by atoms with van der Waals surface area (Å²) in [5, 5.41) is 25.4. The van der Waals surface area contributed by atoms with Crippen molar-refractivity contribution in [1.82, 2.24) is 20.4 Å². The number of carboxylic acids is 1. The number of hydrogen-bond acceptors (Lipinski definition) is 5. The van der Waals surface area contributed by atoms with Gasteiger partial charge in [0.1, 0.15) is 11.8 Å². The van der Waals surface area contributed by atoms with E-state index < -0.39 is 17.9 Å². The fraction of sp³-hybridized carbons (Fsp3) is 0.357. The topological polar surface area (TPSA) is 135 Å². The van der Waals surface area contributed by atoms with Gasteiger partial charge < -0.3 is 30.6 Å². The number of para-hydroxylation sites is 1. The molecule has 4 rings (SSSR count). The first-order valence-corrected chi connectivity index (χ1v) is 13.7. The molecule has 1 atom stereocenters. The van der Waals surface area contributed by atoms with Crippen LogP contribution in [0.25, 0.3) is 6.08 Å². The summed E-state index contributed by atoms with van der Waals surface area (Å²) in [5.41, 5.74) is 1.91. The van der Waals surface area contributed by atoms with E-state index in [1.807, 2.05) is 4.90 Å². The third-order valence-electron chi connectivity index (χ3n) is 6.97. The summed E-state index contributed by atoms with van der Waals surface area (Å²) >= 11 is 13.1. The Morgan fingerprint density at radius 1 is 1.12 bits per heavy atom. The summed E-state index contributed by atoms with van der Waals surface area (Å²) in [6.07, 6.45) is 5.40. The van der Waals surface area contributed by atoms with Crippen LogP contribution in [0.5, 0.6) is 5.75 Å². The van der Waals surface area contributed by atoms with E-state index in [9.17, 15) is 24.6 Å². The lowest BCUT2D eigenvalue weighted by atomic mass is 9.96. The second-order valence-corrected chi connectivity index (χ2v) is 10.4. The van der Waals surface area contributed by atoms with E-state index in [1.165, 1.54) is 6.08 Å². The highest BCUT2D eigenvalue weighted by atomic mass is 35.5. The Balaban J connectivity index is 1.44. The van der Waals surface area contributed by atoms with E-state index in [1.54, 1.807) is 48.4 Å². The Kier molecular flexibility index (Phi) is 9.54. The number of carboxylic acid groups (broad SMARTS) is 1. The number of nitrogens with one attached hydrogen (secondary N) is 2. The minimum Gasteiger partial charge on any atom is -0.507 e. The third-order valence-corrected chi connectivity index (χ3v) is 7.69. The van der Waals surface area contributed by atoms with Crippen molar-refractivity contribution >= 4 is 53.0 Å². The number of aliphatic imine (C=N–C) groups is 1. The van der Waals surface area contributed by atoms with Crippen LogP contribution < -0.4 is 10.6 Å². The molecule has 0 bridgehead atoms. The molecule has 0 radical (unpaired) electrons. The van der Waals surface area contributed by atoms with E-state index in [4.69, 9.17) is 23.2 Å². The monoisotopic (exact) mass is 587 g/mol. The predicted molar refractivity (Wildman–Crippen MR) is 154 cm³/mol. The molecule has 2 aliphatic rings. The number of rotatable bonds is 7. The number of benzene rings is 2. The van der Waals surface area contributed by atoms with Gasteiger partial charge in [0.15, 0.2) is 5.96 Å². The number of fused-ring (bicyclic) bond motifs is 1. The lowest BCUT2D eigenvalue weighted by molar-refractivity contribution is -0.139. The van der Waals surface area contributed by atoms with Crippen molar-refractivity contribution in [2.24, 2.45) is 4.99 Å². The Morgan fingerprint density at radius 3 is 2.52 bits per heavy atom. The number of amides is 2. The van der Waals surface area contributed by atoms with E-state index in [2.05, 4.69) is 15.6 Å². The normalized spacial score (nSPS) is 16.1. The van der Waals surface area contributed by atoms with E-state index >= 15 is 0 Å². The number of carbonyl (C=O) groups is 3. The molecular formula is C28H31Cl2N5O5. The van der Waals surface area contributed by atoms with Gasteiger partial charge in [0.25, 0.3) is 5.91 Å². The Bertz CT molecular complexity index is 1360. The van der Waals surface area contributed by atoms with Gasteiger partial charge in [-0.3, -0.25) is 14.6 Å². The number of phenols is 1. The van der Waals surface area contributed by atoms with Crippen LogP contribution in [0.1, 0.15) is 39.9 Å². The molecule has 12 heteroatoms. The molecule has 2 amide bonds. The van der Waals surface area contributed by atoms with Crippen molar-refractivity contribution in [2.75, 3.05) is 33.2 Å². The Hall–Kier alpha value is -3.76. The molecular weight excluding hydrogens is 557 g/mol. The number of halogens is 2. The van der Waals surface area contributed by atoms with Gasteiger partial charge in [-0.25, -0.2) is 4.79 Å². The molecule has 0 saturated carbocycles. The highest BCUT2D eigenvalue weighted by molar-refractivity contribution is 6.40. The molecule has 1 saturated heterocycles. The first kappa shape index (κ1) is 29.2. The maximum Gasteiger partial charge on any atom is 0.328 e. The highest BCUT2D eigenvalue weighted by Gasteiger charge is 2.29. The van der Waals surface area contributed by atoms with Crippen LogP contribution in [-0.4, -0.2) is 83.0 Å². The standard InChI is InChI=1S/C28H31Cl2N5O5/c1-31-28(34-11-4-5-12-34)32-15-21(27(39)40)33-26(38)24-20(29)14-18-16-35(13-10-19(18)25(24)30)23(37)9-8-17-6-2-3-7-22(17)36/h2-3,6-9,14,21,36H,4-5,10-13,15-16H2,1H3,(H,31,32)(H,33,38)(H,39,40)/b9-8+/t21-/m0/s1. The zero-order valence-corrected chi connectivity index (χ0v) is 23.5. The minimum atomic E-state index is -1.25. The fourth-order valence-corrected chi connectivity index (χ4v) is 5.59. The van der Waals surface area contributed by atoms with Crippen molar-refractivity contribution in [3.8, 4) is 5.75 Å². The molecule has 0 aliphatic carbocycles. The zero-order valence-electron chi connectivity index (χ0n) is 22.0. The van der Waals surface area contributed by atoms with E-state index in [-0.39, 0.29) is 40.4 Å². The molecule has 0 aromatic heterocycles. The summed E-state index contributed by atoms with van der Waals surface area (Å²) in [6, 6.07) is 7.04. The average molecular weight is 588 g/mol. The van der Waals surface area contributed by atoms with Crippen LogP contribution in [0, 0.1) is 0 Å². The van der Waals surface area contributed by atoms with Crippen molar-refractivity contribution in [1.29, 1.82) is 0 Å². The molecule has 10 nitrogen and oxygen atoms in total. The number of aromatic hydroxyl groups is 1. The van der Waals surface area contributed by atoms with Gasteiger partial charge in [-0.2, -0.15) is 0 Å². The van der Waals surface area contributed by atoms with Gasteiger partial charge in [-0.15, -0.1) is 0 Å². The molecule has 2 aromatic rings. The number of nitrogens with zero attached hydrogens (tertiary/aromatic N) is 3. The highest BCUT2D eigenvalue weighted by Crippen LogP contribution is 2.34. The molecule has 0 unspecified atom stereocenters. The van der Waals surface area contributed by atoms with Gasteiger partial charge in [0, 0.05) is 51.4 Å². The molecule has 2 aromatic carbocycles. The molecule has 40 heavy (non-hydrogen) atoms. The maximum atomic E-state index is 13.2. The summed E-state index contributed by atoms with van der Waals surface area (Å²) in [7, 11) is 1.63. The van der Waals surface area contributed by atoms with Gasteiger partial charge in [-0.1, -0.05) is 41.4 Å². The van der Waals surface area contributed by atoms with Gasteiger partial charge in [0.2, 0.25) is 5.91 Å². The smallest absolute Gasteiger partial charge is 0.328 e. The maximum absolute atomic E-state index is 13.2. The second kappa shape index (κ2) is 13.1. The SMILES string of the molecule is C/N=C(/NC[C@H](NC(=O)c1c(Cl)cc2c(c1Cl)CCN(C(=O)/C=C/c1ccccc1O)C2)C(=O)O)N1CCCC1. The summed E-state index contributed by atoms with van der Waals surface area (Å²) in [4.78, 5) is 45.7. The molecule has 1 fully saturated rings. The quantitative estimate of drug-likeness (QED) is 0.222. The van der Waals surface area contributed by atoms with Gasteiger partial charge in [-0.05, 0) is 48.6 Å². The fourth-order valence-electron chi connectivity index (χ4n) is 4.83. The molecule has 4 N–H and O–H groups in total. The molecule has 212 valence electrons. The van der Waals surface area contributed by atoms with Crippen LogP contribution in [-0.2, 0) is 22.6 Å². The Morgan fingerprint density at radius 2 is 1.85 bits per heavy atom. The van der Waals surface area contributed by atoms with Crippen LogP contribution in [0.3, 0.4) is 0 Å². The van der Waals surface area contributed by atoms with Crippen molar-refractivity contribution in [2.45, 2.75) is 31.8 Å². The lowest BCUT2D eigenvalue weighted by Crippen LogP contribution is -2.51. The largest absolute Gasteiger partial charge is 0.507 e. The van der Waals surface area contributed by atoms with Crippen LogP contribution in [0.4, 0.5) is 0 Å².